The van der Waals surface area contributed by atoms with Gasteiger partial charge >= 0.3 is 5.97 Å². The number of carbonyl (C=O) groups is 3. The molecular weight excluding hydrogens is 292 g/mol. The van der Waals surface area contributed by atoms with Crippen molar-refractivity contribution in [3.8, 4) is 0 Å². The van der Waals surface area contributed by atoms with E-state index in [1.807, 2.05) is 17.5 Å². The molecule has 21 heavy (non-hydrogen) atoms. The lowest BCUT2D eigenvalue weighted by Crippen LogP contribution is -2.36. The third-order valence-electron chi connectivity index (χ3n) is 3.04. The highest BCUT2D eigenvalue weighted by atomic mass is 32.1. The van der Waals surface area contributed by atoms with Crippen LogP contribution in [-0.2, 0) is 14.4 Å². The van der Waals surface area contributed by atoms with Crippen LogP contribution in [0.1, 0.15) is 37.6 Å². The van der Waals surface area contributed by atoms with E-state index in [-0.39, 0.29) is 30.8 Å². The first-order valence-electron chi connectivity index (χ1n) is 6.74. The van der Waals surface area contributed by atoms with Gasteiger partial charge in [0.2, 0.25) is 11.8 Å². The van der Waals surface area contributed by atoms with Crippen molar-refractivity contribution in [2.24, 2.45) is 5.92 Å². The molecule has 6 nitrogen and oxygen atoms in total. The fourth-order valence-corrected chi connectivity index (χ4v) is 2.64. The minimum absolute atomic E-state index is 0.0934. The zero-order valence-electron chi connectivity index (χ0n) is 12.1. The number of hydrogen-bond acceptors (Lipinski definition) is 4. The maximum atomic E-state index is 11.9. The highest BCUT2D eigenvalue weighted by Gasteiger charge is 2.20. The Hall–Kier alpha value is -1.89. The number of amides is 2. The van der Waals surface area contributed by atoms with Crippen molar-refractivity contribution in [3.05, 3.63) is 22.4 Å². The fraction of sp³-hybridized carbons (Fsp3) is 0.500. The molecule has 0 radical (unpaired) electrons. The monoisotopic (exact) mass is 312 g/mol. The van der Waals surface area contributed by atoms with Gasteiger partial charge in [-0.2, -0.15) is 0 Å². The number of nitrogens with one attached hydrogen (secondary N) is 2. The van der Waals surface area contributed by atoms with Gasteiger partial charge in [0.1, 0.15) is 0 Å². The highest BCUT2D eigenvalue weighted by Crippen LogP contribution is 2.22. The summed E-state index contributed by atoms with van der Waals surface area (Å²) in [6.45, 7) is 3.26. The zero-order valence-corrected chi connectivity index (χ0v) is 12.9. The Morgan fingerprint density at radius 3 is 2.57 bits per heavy atom. The van der Waals surface area contributed by atoms with E-state index >= 15 is 0 Å². The van der Waals surface area contributed by atoms with E-state index in [2.05, 4.69) is 10.6 Å². The number of aliphatic carboxylic acids is 1. The van der Waals surface area contributed by atoms with Crippen molar-refractivity contribution >= 4 is 29.1 Å². The number of carboxylic acid groups (broad SMARTS) is 1. The van der Waals surface area contributed by atoms with Gasteiger partial charge in [-0.05, 0) is 17.9 Å². The van der Waals surface area contributed by atoms with Crippen LogP contribution in [-0.4, -0.2) is 29.4 Å². The molecule has 0 spiro atoms. The molecule has 0 saturated heterocycles. The maximum Gasteiger partial charge on any atom is 0.308 e. The van der Waals surface area contributed by atoms with Gasteiger partial charge in [-0.15, -0.1) is 11.3 Å². The molecule has 116 valence electrons. The molecule has 1 aromatic rings. The summed E-state index contributed by atoms with van der Waals surface area (Å²) in [5.41, 5.74) is 0. The summed E-state index contributed by atoms with van der Waals surface area (Å²) in [5.74, 6) is -2.00. The standard InChI is InChI=1S/C14H20N2O4S/c1-3-10(14(19)20)8-15-13(18)7-11(16-9(2)17)12-5-4-6-21-12/h4-6,10-11H,3,7-8H2,1-2H3,(H,15,18)(H,16,17)(H,19,20). The van der Waals surface area contributed by atoms with Crippen LogP contribution in [0.2, 0.25) is 0 Å². The van der Waals surface area contributed by atoms with Crippen molar-refractivity contribution in [2.45, 2.75) is 32.7 Å². The Bertz CT molecular complexity index is 487. The Morgan fingerprint density at radius 2 is 2.10 bits per heavy atom. The van der Waals surface area contributed by atoms with Crippen molar-refractivity contribution < 1.29 is 19.5 Å². The van der Waals surface area contributed by atoms with Crippen LogP contribution in [0.3, 0.4) is 0 Å². The number of carbonyl (C=O) groups excluding carboxylic acids is 2. The lowest BCUT2D eigenvalue weighted by molar-refractivity contribution is -0.141. The van der Waals surface area contributed by atoms with E-state index in [9.17, 15) is 14.4 Å². The van der Waals surface area contributed by atoms with Gasteiger partial charge in [0.15, 0.2) is 0 Å². The predicted octanol–water partition coefficient (Wildman–Crippen LogP) is 1.54. The molecule has 0 saturated carbocycles. The lowest BCUT2D eigenvalue weighted by atomic mass is 10.1. The second kappa shape index (κ2) is 8.41. The summed E-state index contributed by atoms with van der Waals surface area (Å²) >= 11 is 1.46. The van der Waals surface area contributed by atoms with Crippen LogP contribution in [0.5, 0.6) is 0 Å². The fourth-order valence-electron chi connectivity index (χ4n) is 1.86. The van der Waals surface area contributed by atoms with E-state index in [0.29, 0.717) is 6.42 Å². The predicted molar refractivity (Wildman–Crippen MR) is 79.9 cm³/mol. The van der Waals surface area contributed by atoms with Crippen molar-refractivity contribution in [1.82, 2.24) is 10.6 Å². The normalized spacial score (nSPS) is 13.2. The van der Waals surface area contributed by atoms with E-state index in [0.717, 1.165) is 4.88 Å². The average molecular weight is 312 g/mol. The summed E-state index contributed by atoms with van der Waals surface area (Å²) in [7, 11) is 0. The Morgan fingerprint density at radius 1 is 1.38 bits per heavy atom. The van der Waals surface area contributed by atoms with Crippen LogP contribution in [0.15, 0.2) is 17.5 Å². The third kappa shape index (κ3) is 5.95. The van der Waals surface area contributed by atoms with Gasteiger partial charge in [0.25, 0.3) is 0 Å². The number of hydrogen-bond donors (Lipinski definition) is 3. The van der Waals surface area contributed by atoms with Crippen LogP contribution >= 0.6 is 11.3 Å². The summed E-state index contributed by atoms with van der Waals surface area (Å²) < 4.78 is 0. The number of thiophene rings is 1. The molecule has 2 unspecified atom stereocenters. The first-order chi connectivity index (χ1) is 9.93. The minimum atomic E-state index is -0.922. The number of carboxylic acids is 1. The van der Waals surface area contributed by atoms with Crippen LogP contribution < -0.4 is 10.6 Å². The maximum absolute atomic E-state index is 11.9. The molecule has 0 aliphatic carbocycles. The SMILES string of the molecule is CCC(CNC(=O)CC(NC(C)=O)c1cccs1)C(=O)O. The topological polar surface area (TPSA) is 95.5 Å². The first-order valence-corrected chi connectivity index (χ1v) is 7.62. The molecule has 3 N–H and O–H groups in total. The molecular formula is C14H20N2O4S. The summed E-state index contributed by atoms with van der Waals surface area (Å²) in [5, 5.41) is 16.2. The molecule has 0 aliphatic rings. The second-order valence-electron chi connectivity index (χ2n) is 4.72. The molecule has 1 aromatic heterocycles. The second-order valence-corrected chi connectivity index (χ2v) is 5.70. The van der Waals surface area contributed by atoms with Crippen molar-refractivity contribution in [3.63, 3.8) is 0 Å². The van der Waals surface area contributed by atoms with Gasteiger partial charge in [-0.25, -0.2) is 0 Å². The van der Waals surface area contributed by atoms with Gasteiger partial charge < -0.3 is 15.7 Å². The molecule has 2 atom stereocenters. The third-order valence-corrected chi connectivity index (χ3v) is 4.03. The molecule has 7 heteroatoms. The number of rotatable bonds is 8. The highest BCUT2D eigenvalue weighted by molar-refractivity contribution is 7.10. The molecule has 2 amide bonds. The van der Waals surface area contributed by atoms with E-state index in [4.69, 9.17) is 5.11 Å². The van der Waals surface area contributed by atoms with E-state index in [1.54, 1.807) is 6.92 Å². The Labute approximate surface area is 127 Å². The van der Waals surface area contributed by atoms with Crippen LogP contribution in [0, 0.1) is 5.92 Å². The Balaban J connectivity index is 2.56. The molecule has 1 rings (SSSR count). The molecule has 0 fully saturated rings. The van der Waals surface area contributed by atoms with Gasteiger partial charge in [-0.1, -0.05) is 13.0 Å². The van der Waals surface area contributed by atoms with Crippen molar-refractivity contribution in [2.75, 3.05) is 6.54 Å². The minimum Gasteiger partial charge on any atom is -0.481 e. The quantitative estimate of drug-likeness (QED) is 0.678. The molecule has 0 bridgehead atoms. The first kappa shape index (κ1) is 17.2. The average Bonchev–Trinajstić information content (AvgIpc) is 2.91. The van der Waals surface area contributed by atoms with E-state index < -0.39 is 11.9 Å². The largest absolute Gasteiger partial charge is 0.481 e. The van der Waals surface area contributed by atoms with Crippen molar-refractivity contribution in [1.29, 1.82) is 0 Å². The zero-order chi connectivity index (χ0) is 15.8. The molecule has 1 heterocycles. The summed E-state index contributed by atoms with van der Waals surface area (Å²) in [4.78, 5) is 34.9. The lowest BCUT2D eigenvalue weighted by Gasteiger charge is -2.17. The smallest absolute Gasteiger partial charge is 0.308 e. The molecule has 0 aromatic carbocycles. The molecule has 0 aliphatic heterocycles. The van der Waals surface area contributed by atoms with Gasteiger partial charge in [-0.3, -0.25) is 14.4 Å². The van der Waals surface area contributed by atoms with Crippen LogP contribution in [0.25, 0.3) is 0 Å². The van der Waals surface area contributed by atoms with E-state index in [1.165, 1.54) is 18.3 Å². The Kier molecular flexibility index (Phi) is 6.87. The summed E-state index contributed by atoms with van der Waals surface area (Å²) in [6, 6.07) is 3.32. The summed E-state index contributed by atoms with van der Waals surface area (Å²) in [6.07, 6.45) is 0.547. The van der Waals surface area contributed by atoms with Gasteiger partial charge in [0, 0.05) is 18.3 Å². The van der Waals surface area contributed by atoms with Gasteiger partial charge in [0.05, 0.1) is 18.4 Å². The van der Waals surface area contributed by atoms with Crippen LogP contribution in [0.4, 0.5) is 0 Å².